The molecule has 0 unspecified atom stereocenters. The minimum absolute atomic E-state index is 0.0483. The first-order valence-corrected chi connectivity index (χ1v) is 5.08. The first-order valence-electron chi connectivity index (χ1n) is 5.08. The molecule has 15 heavy (non-hydrogen) atoms. The minimum Gasteiger partial charge on any atom is -0.377 e. The first-order chi connectivity index (χ1) is 6.76. The summed E-state index contributed by atoms with van der Waals surface area (Å²) in [5, 5.41) is 11.8. The van der Waals surface area contributed by atoms with E-state index in [2.05, 4.69) is 36.3 Å². The van der Waals surface area contributed by atoms with E-state index in [0.29, 0.717) is 6.54 Å². The Balaban J connectivity index is 2.92. The number of ether oxygens (including phenoxy) is 1. The summed E-state index contributed by atoms with van der Waals surface area (Å²) in [6, 6.07) is 0. The quantitative estimate of drug-likeness (QED) is 0.760. The Hall–Kier alpha value is -0.970. The van der Waals surface area contributed by atoms with E-state index < -0.39 is 0 Å². The van der Waals surface area contributed by atoms with Crippen LogP contribution in [0.15, 0.2) is 0 Å². The third-order valence-corrected chi connectivity index (χ3v) is 2.29. The van der Waals surface area contributed by atoms with Gasteiger partial charge in [-0.1, -0.05) is 20.8 Å². The molecular formula is C10H20N4O. The molecular weight excluding hydrogens is 192 g/mol. The van der Waals surface area contributed by atoms with E-state index in [1.165, 1.54) is 0 Å². The summed E-state index contributed by atoms with van der Waals surface area (Å²) in [5.74, 6) is 0.882. The van der Waals surface area contributed by atoms with E-state index in [1.807, 2.05) is 18.5 Å². The standard InChI is InChI=1S/C10H20N4O/c1-9(2,3)8-11-12-13-14(8)7-10(4,5)15-6/h7H2,1-6H3. The van der Waals surface area contributed by atoms with Gasteiger partial charge < -0.3 is 4.74 Å². The van der Waals surface area contributed by atoms with Gasteiger partial charge in [0.05, 0.1) is 12.1 Å². The molecule has 0 radical (unpaired) electrons. The number of rotatable bonds is 3. The van der Waals surface area contributed by atoms with E-state index in [9.17, 15) is 0 Å². The predicted octanol–water partition coefficient (Wildman–Crippen LogP) is 1.40. The lowest BCUT2D eigenvalue weighted by Crippen LogP contribution is -2.32. The Labute approximate surface area is 90.8 Å². The lowest BCUT2D eigenvalue weighted by atomic mass is 9.95. The molecule has 0 bridgehead atoms. The average Bonchev–Trinajstić information content (AvgIpc) is 2.50. The summed E-state index contributed by atoms with van der Waals surface area (Å²) in [5.41, 5.74) is -0.303. The third kappa shape index (κ3) is 2.99. The normalized spacial score (nSPS) is 13.2. The summed E-state index contributed by atoms with van der Waals surface area (Å²) < 4.78 is 7.17. The van der Waals surface area contributed by atoms with E-state index >= 15 is 0 Å². The second-order valence-corrected chi connectivity index (χ2v) is 5.37. The van der Waals surface area contributed by atoms with Crippen molar-refractivity contribution in [2.45, 2.75) is 52.2 Å². The maximum absolute atomic E-state index is 5.36. The number of hydrogen-bond acceptors (Lipinski definition) is 4. The van der Waals surface area contributed by atoms with Crippen molar-refractivity contribution >= 4 is 0 Å². The van der Waals surface area contributed by atoms with Crippen LogP contribution >= 0.6 is 0 Å². The molecule has 5 heteroatoms. The van der Waals surface area contributed by atoms with Crippen molar-refractivity contribution in [3.05, 3.63) is 5.82 Å². The summed E-state index contributed by atoms with van der Waals surface area (Å²) in [7, 11) is 1.70. The SMILES string of the molecule is COC(C)(C)Cn1nnnc1C(C)(C)C. The number of methoxy groups -OCH3 is 1. The zero-order valence-electron chi connectivity index (χ0n) is 10.4. The first kappa shape index (κ1) is 12.1. The zero-order valence-corrected chi connectivity index (χ0v) is 10.4. The molecule has 5 nitrogen and oxygen atoms in total. The monoisotopic (exact) mass is 212 g/mol. The maximum atomic E-state index is 5.36. The fourth-order valence-corrected chi connectivity index (χ4v) is 1.27. The van der Waals surface area contributed by atoms with Gasteiger partial charge in [0.25, 0.3) is 0 Å². The molecule has 0 fully saturated rings. The molecule has 0 saturated heterocycles. The van der Waals surface area contributed by atoms with Crippen molar-refractivity contribution in [1.82, 2.24) is 20.2 Å². The van der Waals surface area contributed by atoms with Crippen LogP contribution in [0, 0.1) is 0 Å². The van der Waals surface area contributed by atoms with Gasteiger partial charge >= 0.3 is 0 Å². The largest absolute Gasteiger partial charge is 0.377 e. The molecule has 0 aliphatic carbocycles. The second-order valence-electron chi connectivity index (χ2n) is 5.37. The Morgan fingerprint density at radius 2 is 1.80 bits per heavy atom. The van der Waals surface area contributed by atoms with Crippen molar-refractivity contribution in [3.8, 4) is 0 Å². The van der Waals surface area contributed by atoms with Crippen molar-refractivity contribution < 1.29 is 4.74 Å². The van der Waals surface area contributed by atoms with Gasteiger partial charge in [0.2, 0.25) is 0 Å². The van der Waals surface area contributed by atoms with Crippen molar-refractivity contribution in [2.75, 3.05) is 7.11 Å². The number of nitrogens with zero attached hydrogens (tertiary/aromatic N) is 4. The van der Waals surface area contributed by atoms with Gasteiger partial charge in [-0.05, 0) is 24.3 Å². The molecule has 1 heterocycles. The molecule has 1 aromatic heterocycles. The summed E-state index contributed by atoms with van der Waals surface area (Å²) in [4.78, 5) is 0. The number of hydrogen-bond donors (Lipinski definition) is 0. The van der Waals surface area contributed by atoms with Gasteiger partial charge in [0, 0.05) is 12.5 Å². The molecule has 1 aromatic rings. The lowest BCUT2D eigenvalue weighted by Gasteiger charge is -2.25. The highest BCUT2D eigenvalue weighted by molar-refractivity contribution is 4.99. The van der Waals surface area contributed by atoms with Crippen LogP contribution in [0.25, 0.3) is 0 Å². The topological polar surface area (TPSA) is 52.8 Å². The van der Waals surface area contributed by atoms with Gasteiger partial charge in [-0.15, -0.1) is 5.10 Å². The van der Waals surface area contributed by atoms with E-state index in [0.717, 1.165) is 5.82 Å². The second kappa shape index (κ2) is 3.89. The zero-order chi connectivity index (χ0) is 11.7. The van der Waals surface area contributed by atoms with E-state index in [-0.39, 0.29) is 11.0 Å². The van der Waals surface area contributed by atoms with Crippen molar-refractivity contribution in [1.29, 1.82) is 0 Å². The molecule has 0 spiro atoms. The molecule has 0 aliphatic heterocycles. The lowest BCUT2D eigenvalue weighted by molar-refractivity contribution is 0.00375. The van der Waals surface area contributed by atoms with Gasteiger partial charge in [0.1, 0.15) is 0 Å². The molecule has 0 aromatic carbocycles. The van der Waals surface area contributed by atoms with Crippen LogP contribution in [-0.2, 0) is 16.7 Å². The number of aromatic nitrogens is 4. The molecule has 0 amide bonds. The highest BCUT2D eigenvalue weighted by atomic mass is 16.5. The molecule has 86 valence electrons. The molecule has 0 N–H and O–H groups in total. The van der Waals surface area contributed by atoms with Crippen LogP contribution in [-0.4, -0.2) is 32.9 Å². The fourth-order valence-electron chi connectivity index (χ4n) is 1.27. The van der Waals surface area contributed by atoms with Crippen molar-refractivity contribution in [2.24, 2.45) is 0 Å². The average molecular weight is 212 g/mol. The van der Waals surface area contributed by atoms with E-state index in [4.69, 9.17) is 4.74 Å². The van der Waals surface area contributed by atoms with Crippen LogP contribution in [0.1, 0.15) is 40.4 Å². The minimum atomic E-state index is -0.255. The van der Waals surface area contributed by atoms with Crippen LogP contribution < -0.4 is 0 Å². The Morgan fingerprint density at radius 1 is 1.20 bits per heavy atom. The van der Waals surface area contributed by atoms with Crippen LogP contribution in [0.5, 0.6) is 0 Å². The molecule has 0 aliphatic rings. The molecule has 1 rings (SSSR count). The highest BCUT2D eigenvalue weighted by Crippen LogP contribution is 2.20. The summed E-state index contributed by atoms with van der Waals surface area (Å²) >= 11 is 0. The third-order valence-electron chi connectivity index (χ3n) is 2.29. The summed E-state index contributed by atoms with van der Waals surface area (Å²) in [6.07, 6.45) is 0. The van der Waals surface area contributed by atoms with Crippen LogP contribution in [0.2, 0.25) is 0 Å². The van der Waals surface area contributed by atoms with Gasteiger partial charge in [-0.25, -0.2) is 4.68 Å². The smallest absolute Gasteiger partial charge is 0.156 e. The highest BCUT2D eigenvalue weighted by Gasteiger charge is 2.26. The van der Waals surface area contributed by atoms with Gasteiger partial charge in [0.15, 0.2) is 5.82 Å². The fraction of sp³-hybridized carbons (Fsp3) is 0.900. The number of tetrazole rings is 1. The summed E-state index contributed by atoms with van der Waals surface area (Å²) in [6.45, 7) is 11.0. The molecule has 0 atom stereocenters. The van der Waals surface area contributed by atoms with Gasteiger partial charge in [-0.3, -0.25) is 0 Å². The Morgan fingerprint density at radius 3 is 2.27 bits per heavy atom. The predicted molar refractivity (Wildman–Crippen MR) is 57.6 cm³/mol. The maximum Gasteiger partial charge on any atom is 0.156 e. The Kier molecular flexibility index (Phi) is 3.13. The Bertz CT molecular complexity index is 324. The van der Waals surface area contributed by atoms with Crippen LogP contribution in [0.4, 0.5) is 0 Å². The van der Waals surface area contributed by atoms with Crippen molar-refractivity contribution in [3.63, 3.8) is 0 Å². The van der Waals surface area contributed by atoms with E-state index in [1.54, 1.807) is 7.11 Å². The molecule has 0 saturated carbocycles. The van der Waals surface area contributed by atoms with Gasteiger partial charge in [-0.2, -0.15) is 0 Å². The van der Waals surface area contributed by atoms with Crippen LogP contribution in [0.3, 0.4) is 0 Å².